The van der Waals surface area contributed by atoms with Crippen LogP contribution in [0.5, 0.6) is 0 Å². The van der Waals surface area contributed by atoms with E-state index in [0.29, 0.717) is 11.4 Å². The number of benzene rings is 1. The molecule has 0 fully saturated rings. The Labute approximate surface area is 86.1 Å². The summed E-state index contributed by atoms with van der Waals surface area (Å²) in [7, 11) is 0. The largest absolute Gasteiger partial charge is 0.388 e. The zero-order chi connectivity index (χ0) is 9.84. The van der Waals surface area contributed by atoms with Gasteiger partial charge in [-0.2, -0.15) is 0 Å². The lowest BCUT2D eigenvalue weighted by Gasteiger charge is -2.10. The molecule has 1 rings (SSSR count). The Morgan fingerprint density at radius 1 is 1.46 bits per heavy atom. The van der Waals surface area contributed by atoms with Gasteiger partial charge >= 0.3 is 0 Å². The van der Waals surface area contributed by atoms with Gasteiger partial charge in [0.25, 0.3) is 0 Å². The molecule has 72 valence electrons. The maximum atomic E-state index is 13.1. The topological polar surface area (TPSA) is 20.2 Å². The number of hydrogen-bond acceptors (Lipinski definition) is 1. The van der Waals surface area contributed by atoms with Crippen molar-refractivity contribution in [2.45, 2.75) is 12.5 Å². The lowest BCUT2D eigenvalue weighted by atomic mass is 10.1. The summed E-state index contributed by atoms with van der Waals surface area (Å²) in [6, 6.07) is 4.08. The highest BCUT2D eigenvalue weighted by molar-refractivity contribution is 6.30. The van der Waals surface area contributed by atoms with E-state index in [1.54, 1.807) is 0 Å². The molecule has 0 radical (unpaired) electrons. The molecule has 1 unspecified atom stereocenters. The van der Waals surface area contributed by atoms with Crippen LogP contribution in [0, 0.1) is 5.82 Å². The van der Waals surface area contributed by atoms with Gasteiger partial charge in [-0.05, 0) is 24.6 Å². The molecular weight excluding hydrogens is 214 g/mol. The van der Waals surface area contributed by atoms with Crippen LogP contribution in [0.1, 0.15) is 18.1 Å². The minimum Gasteiger partial charge on any atom is -0.388 e. The van der Waals surface area contributed by atoms with Crippen molar-refractivity contribution in [3.05, 3.63) is 34.6 Å². The number of rotatable bonds is 3. The molecule has 1 N–H and O–H groups in total. The highest BCUT2D eigenvalue weighted by atomic mass is 35.5. The van der Waals surface area contributed by atoms with E-state index in [1.165, 1.54) is 18.2 Å². The fourth-order valence-electron chi connectivity index (χ4n) is 1.03. The molecule has 1 nitrogen and oxygen atoms in total. The molecule has 0 aromatic heterocycles. The quantitative estimate of drug-likeness (QED) is 0.780. The molecule has 0 saturated carbocycles. The van der Waals surface area contributed by atoms with Crippen LogP contribution >= 0.6 is 23.2 Å². The van der Waals surface area contributed by atoms with Crippen LogP contribution in [0.15, 0.2) is 18.2 Å². The Kier molecular flexibility index (Phi) is 3.97. The Balaban J connectivity index is 2.91. The molecule has 13 heavy (non-hydrogen) atoms. The lowest BCUT2D eigenvalue weighted by molar-refractivity contribution is 0.170. The molecule has 0 heterocycles. The molecular formula is C9H9Cl2FO. The smallest absolute Gasteiger partial charge is 0.129 e. The lowest BCUT2D eigenvalue weighted by Crippen LogP contribution is -2.01. The second-order valence-electron chi connectivity index (χ2n) is 2.66. The van der Waals surface area contributed by atoms with Crippen molar-refractivity contribution < 1.29 is 9.50 Å². The van der Waals surface area contributed by atoms with Crippen molar-refractivity contribution in [3.63, 3.8) is 0 Å². The third-order valence-electron chi connectivity index (χ3n) is 1.70. The van der Waals surface area contributed by atoms with Gasteiger partial charge in [0.15, 0.2) is 0 Å². The molecule has 0 bridgehead atoms. The van der Waals surface area contributed by atoms with Crippen LogP contribution in [0.4, 0.5) is 4.39 Å². The first-order valence-corrected chi connectivity index (χ1v) is 4.75. The van der Waals surface area contributed by atoms with Gasteiger partial charge < -0.3 is 5.11 Å². The molecule has 4 heteroatoms. The summed E-state index contributed by atoms with van der Waals surface area (Å²) in [6.07, 6.45) is -0.560. The average molecular weight is 223 g/mol. The molecule has 0 aliphatic rings. The van der Waals surface area contributed by atoms with E-state index < -0.39 is 11.9 Å². The standard InChI is InChI=1S/C9H9Cl2FO/c10-4-3-9(13)7-5-6(11)1-2-8(7)12/h1-2,5,9,13H,3-4H2. The summed E-state index contributed by atoms with van der Waals surface area (Å²) in [5.41, 5.74) is 0.202. The predicted octanol–water partition coefficient (Wildman–Crippen LogP) is 3.14. The van der Waals surface area contributed by atoms with Gasteiger partial charge in [0, 0.05) is 16.5 Å². The maximum absolute atomic E-state index is 13.1. The van der Waals surface area contributed by atoms with Gasteiger partial charge in [-0.1, -0.05) is 11.6 Å². The normalized spacial score (nSPS) is 12.9. The van der Waals surface area contributed by atoms with E-state index >= 15 is 0 Å². The van der Waals surface area contributed by atoms with Gasteiger partial charge in [-0.15, -0.1) is 11.6 Å². The zero-order valence-corrected chi connectivity index (χ0v) is 8.32. The number of halogens is 3. The second kappa shape index (κ2) is 4.80. The summed E-state index contributed by atoms with van der Waals surface area (Å²) in [5, 5.41) is 9.85. The molecule has 1 aromatic carbocycles. The maximum Gasteiger partial charge on any atom is 0.129 e. The first-order valence-electron chi connectivity index (χ1n) is 3.84. The van der Waals surface area contributed by atoms with Crippen LogP contribution in [0.3, 0.4) is 0 Å². The summed E-state index contributed by atoms with van der Waals surface area (Å²) in [4.78, 5) is 0. The SMILES string of the molecule is OC(CCCl)c1cc(Cl)ccc1F. The van der Waals surface area contributed by atoms with Gasteiger partial charge in [0.05, 0.1) is 6.10 Å². The van der Waals surface area contributed by atoms with Crippen LogP contribution in [0.25, 0.3) is 0 Å². The minimum atomic E-state index is -0.879. The minimum absolute atomic E-state index is 0.202. The van der Waals surface area contributed by atoms with Crippen molar-refractivity contribution >= 4 is 23.2 Å². The molecule has 0 aliphatic heterocycles. The van der Waals surface area contributed by atoms with E-state index in [4.69, 9.17) is 23.2 Å². The molecule has 0 spiro atoms. The molecule has 1 atom stereocenters. The number of aliphatic hydroxyl groups is 1. The Bertz CT molecular complexity index is 291. The van der Waals surface area contributed by atoms with Crippen molar-refractivity contribution in [3.8, 4) is 0 Å². The monoisotopic (exact) mass is 222 g/mol. The van der Waals surface area contributed by atoms with E-state index in [0.717, 1.165) is 0 Å². The molecule has 0 saturated heterocycles. The number of aliphatic hydroxyl groups excluding tert-OH is 1. The molecule has 0 aliphatic carbocycles. The highest BCUT2D eigenvalue weighted by Crippen LogP contribution is 2.23. The van der Waals surface area contributed by atoms with Crippen LogP contribution in [-0.2, 0) is 0 Å². The Morgan fingerprint density at radius 3 is 2.77 bits per heavy atom. The summed E-state index contributed by atoms with van der Waals surface area (Å²) >= 11 is 11.1. The Morgan fingerprint density at radius 2 is 2.15 bits per heavy atom. The second-order valence-corrected chi connectivity index (χ2v) is 3.47. The van der Waals surface area contributed by atoms with E-state index in [1.807, 2.05) is 0 Å². The third kappa shape index (κ3) is 2.83. The fraction of sp³-hybridized carbons (Fsp3) is 0.333. The Hall–Kier alpha value is -0.310. The summed E-state index contributed by atoms with van der Waals surface area (Å²) in [6.45, 7) is 0. The van der Waals surface area contributed by atoms with Crippen molar-refractivity contribution in [1.29, 1.82) is 0 Å². The van der Waals surface area contributed by atoms with E-state index in [9.17, 15) is 9.50 Å². The predicted molar refractivity (Wildman–Crippen MR) is 51.7 cm³/mol. The van der Waals surface area contributed by atoms with Crippen LogP contribution in [-0.4, -0.2) is 11.0 Å². The summed E-state index contributed by atoms with van der Waals surface area (Å²) < 4.78 is 13.1. The van der Waals surface area contributed by atoms with Crippen molar-refractivity contribution in [2.24, 2.45) is 0 Å². The third-order valence-corrected chi connectivity index (χ3v) is 2.15. The zero-order valence-electron chi connectivity index (χ0n) is 6.80. The van der Waals surface area contributed by atoms with Gasteiger partial charge in [-0.3, -0.25) is 0 Å². The van der Waals surface area contributed by atoms with Crippen molar-refractivity contribution in [1.82, 2.24) is 0 Å². The first-order chi connectivity index (χ1) is 6.15. The number of alkyl halides is 1. The van der Waals surface area contributed by atoms with Gasteiger partial charge in [0.1, 0.15) is 5.82 Å². The number of hydrogen-bond donors (Lipinski definition) is 1. The summed E-state index contributed by atoms with van der Waals surface area (Å²) in [5.74, 6) is -0.172. The van der Waals surface area contributed by atoms with Crippen molar-refractivity contribution in [2.75, 3.05) is 5.88 Å². The first kappa shape index (κ1) is 10.8. The van der Waals surface area contributed by atoms with E-state index in [-0.39, 0.29) is 11.4 Å². The molecule has 1 aromatic rings. The van der Waals surface area contributed by atoms with Gasteiger partial charge in [0.2, 0.25) is 0 Å². The highest BCUT2D eigenvalue weighted by Gasteiger charge is 2.12. The average Bonchev–Trinajstić information content (AvgIpc) is 2.09. The van der Waals surface area contributed by atoms with Crippen LogP contribution in [0.2, 0.25) is 5.02 Å². The van der Waals surface area contributed by atoms with Gasteiger partial charge in [-0.25, -0.2) is 4.39 Å². The molecule has 0 amide bonds. The van der Waals surface area contributed by atoms with Crippen LogP contribution < -0.4 is 0 Å². The fourth-order valence-corrected chi connectivity index (χ4v) is 1.42. The van der Waals surface area contributed by atoms with E-state index in [2.05, 4.69) is 0 Å².